The Labute approximate surface area is 207 Å². The zero-order chi connectivity index (χ0) is 25.3. The van der Waals surface area contributed by atoms with Crippen LogP contribution >= 0.6 is 0 Å². The number of allylic oxidation sites excluding steroid dienone is 2. The molecule has 5 rings (SSSR count). The molecule has 5 nitrogen and oxygen atoms in total. The van der Waals surface area contributed by atoms with Crippen molar-refractivity contribution in [2.24, 2.45) is 5.92 Å². The average molecular weight is 493 g/mol. The monoisotopic (exact) mass is 492 g/mol. The van der Waals surface area contributed by atoms with E-state index in [9.17, 15) is 18.0 Å². The van der Waals surface area contributed by atoms with Gasteiger partial charge in [0.15, 0.2) is 0 Å². The van der Waals surface area contributed by atoms with Gasteiger partial charge in [0, 0.05) is 29.8 Å². The van der Waals surface area contributed by atoms with Gasteiger partial charge < -0.3 is 10.6 Å². The lowest BCUT2D eigenvalue weighted by Gasteiger charge is -2.36. The zero-order valence-electron chi connectivity index (χ0n) is 19.9. The predicted molar refractivity (Wildman–Crippen MR) is 133 cm³/mol. The Morgan fingerprint density at radius 3 is 2.61 bits per heavy atom. The first-order valence-electron chi connectivity index (χ1n) is 12.1. The molecule has 2 bridgehead atoms. The summed E-state index contributed by atoms with van der Waals surface area (Å²) in [5.74, 6) is 0.706. The minimum atomic E-state index is -4.41. The first kappa shape index (κ1) is 24.0. The first-order chi connectivity index (χ1) is 17.2. The number of nitrogens with zero attached hydrogens (tertiary/aromatic N) is 2. The Balaban J connectivity index is 1.29. The van der Waals surface area contributed by atoms with E-state index in [1.807, 2.05) is 18.2 Å². The molecule has 2 N–H and O–H groups in total. The number of aromatic nitrogens is 2. The highest BCUT2D eigenvalue weighted by Gasteiger charge is 2.45. The van der Waals surface area contributed by atoms with Crippen LogP contribution in [0, 0.1) is 5.92 Å². The number of nitrogens with one attached hydrogen (secondary N) is 2. The fraction of sp³-hybridized carbons (Fsp3) is 0.321. The largest absolute Gasteiger partial charge is 0.417 e. The molecule has 0 saturated heterocycles. The van der Waals surface area contributed by atoms with Gasteiger partial charge in [-0.25, -0.2) is 4.98 Å². The number of halogens is 3. The maximum atomic E-state index is 12.8. The van der Waals surface area contributed by atoms with E-state index < -0.39 is 11.7 Å². The molecule has 8 heteroatoms. The van der Waals surface area contributed by atoms with Crippen LogP contribution in [0.5, 0.6) is 0 Å². The van der Waals surface area contributed by atoms with Crippen LogP contribution in [0.25, 0.3) is 5.57 Å². The van der Waals surface area contributed by atoms with E-state index in [1.165, 1.54) is 17.2 Å². The van der Waals surface area contributed by atoms with Gasteiger partial charge in [-0.1, -0.05) is 17.7 Å². The third-order valence-corrected chi connectivity index (χ3v) is 7.42. The van der Waals surface area contributed by atoms with Crippen molar-refractivity contribution in [2.75, 3.05) is 5.32 Å². The van der Waals surface area contributed by atoms with Crippen LogP contribution in [0.1, 0.15) is 60.5 Å². The number of carbonyl (C=O) groups excluding carboxylic acids is 1. The van der Waals surface area contributed by atoms with Crippen LogP contribution in [0.2, 0.25) is 0 Å². The van der Waals surface area contributed by atoms with Crippen molar-refractivity contribution in [2.45, 2.75) is 50.7 Å². The summed E-state index contributed by atoms with van der Waals surface area (Å²) in [7, 11) is 0. The lowest BCUT2D eigenvalue weighted by atomic mass is 9.77. The van der Waals surface area contributed by atoms with Gasteiger partial charge in [0.25, 0.3) is 5.91 Å². The van der Waals surface area contributed by atoms with Crippen LogP contribution in [0.4, 0.5) is 24.7 Å². The molecular formula is C28H27F3N4O. The molecule has 1 amide bonds. The van der Waals surface area contributed by atoms with E-state index in [2.05, 4.69) is 33.6 Å². The third kappa shape index (κ3) is 4.98. The topological polar surface area (TPSA) is 66.9 Å². The molecule has 2 fully saturated rings. The molecular weight excluding hydrogens is 465 g/mol. The van der Waals surface area contributed by atoms with Gasteiger partial charge in [0.1, 0.15) is 5.82 Å². The summed E-state index contributed by atoms with van der Waals surface area (Å²) in [6, 6.07) is 13.8. The average Bonchev–Trinajstić information content (AvgIpc) is 3.20. The van der Waals surface area contributed by atoms with E-state index in [4.69, 9.17) is 0 Å². The second kappa shape index (κ2) is 9.41. The number of rotatable bonds is 5. The Morgan fingerprint density at radius 1 is 1.06 bits per heavy atom. The molecule has 2 atom stereocenters. The lowest BCUT2D eigenvalue weighted by molar-refractivity contribution is -0.137. The number of hydrogen-bond acceptors (Lipinski definition) is 4. The van der Waals surface area contributed by atoms with Crippen LogP contribution in [0.15, 0.2) is 72.7 Å². The van der Waals surface area contributed by atoms with Gasteiger partial charge in [0.2, 0.25) is 0 Å². The molecule has 0 spiro atoms. The summed E-state index contributed by atoms with van der Waals surface area (Å²) in [5, 5.41) is 6.40. The molecule has 2 unspecified atom stereocenters. The number of fused-ring (bicyclic) bond motifs is 2. The van der Waals surface area contributed by atoms with Crippen molar-refractivity contribution in [3.63, 3.8) is 0 Å². The Hall–Kier alpha value is -3.68. The number of benzene rings is 1. The molecule has 2 aromatic heterocycles. The van der Waals surface area contributed by atoms with E-state index in [1.54, 1.807) is 24.5 Å². The second-order valence-corrected chi connectivity index (χ2v) is 9.70. The smallest absolute Gasteiger partial charge is 0.347 e. The van der Waals surface area contributed by atoms with E-state index in [0.29, 0.717) is 17.3 Å². The summed E-state index contributed by atoms with van der Waals surface area (Å²) < 4.78 is 38.4. The lowest BCUT2D eigenvalue weighted by Crippen LogP contribution is -2.48. The van der Waals surface area contributed by atoms with Gasteiger partial charge in [-0.15, -0.1) is 0 Å². The molecule has 2 aliphatic carbocycles. The molecule has 1 aromatic carbocycles. The van der Waals surface area contributed by atoms with Gasteiger partial charge >= 0.3 is 6.18 Å². The fourth-order valence-corrected chi connectivity index (χ4v) is 5.51. The van der Waals surface area contributed by atoms with Crippen molar-refractivity contribution in [1.82, 2.24) is 15.3 Å². The van der Waals surface area contributed by atoms with Crippen molar-refractivity contribution in [1.29, 1.82) is 0 Å². The maximum absolute atomic E-state index is 12.8. The zero-order valence-corrected chi connectivity index (χ0v) is 19.9. The van der Waals surface area contributed by atoms with Crippen LogP contribution < -0.4 is 10.6 Å². The Morgan fingerprint density at radius 2 is 1.89 bits per heavy atom. The van der Waals surface area contributed by atoms with E-state index >= 15 is 0 Å². The number of anilines is 2. The summed E-state index contributed by atoms with van der Waals surface area (Å²) in [5.41, 5.74) is 4.12. The molecule has 2 heterocycles. The van der Waals surface area contributed by atoms with Gasteiger partial charge in [-0.2, -0.15) is 13.2 Å². The van der Waals surface area contributed by atoms with Crippen LogP contribution in [-0.2, 0) is 6.18 Å². The Kier molecular flexibility index (Phi) is 6.28. The summed E-state index contributed by atoms with van der Waals surface area (Å²) >= 11 is 0. The third-order valence-electron chi connectivity index (χ3n) is 7.42. The number of alkyl halides is 3. The molecule has 0 aliphatic heterocycles. The SMILES string of the molecule is C/C(=C1\CCC2(NC(=O)c3cccnc3)CCC1C2)c1cccc(Nc2ccc(C(F)(F)F)cn2)c1. The van der Waals surface area contributed by atoms with Crippen LogP contribution in [-0.4, -0.2) is 21.4 Å². The predicted octanol–water partition coefficient (Wildman–Crippen LogP) is 6.78. The minimum absolute atomic E-state index is 0.0662. The standard InChI is InChI=1S/C28H27F3N4O/c1-18(19-4-2-6-23(14-19)34-25-8-7-22(17-33-25)28(29,30)31)24-10-12-27(11-9-20(24)15-27)35-26(36)21-5-3-13-32-16-21/h2-8,13-14,16-17,20H,9-12,15H2,1H3,(H,33,34)(H,35,36)/b24-18-. The Bertz CT molecular complexity index is 1290. The first-order valence-corrected chi connectivity index (χ1v) is 12.1. The van der Waals surface area contributed by atoms with Crippen molar-refractivity contribution in [3.8, 4) is 0 Å². The van der Waals surface area contributed by atoms with Gasteiger partial charge in [-0.05, 0) is 92.5 Å². The summed E-state index contributed by atoms with van der Waals surface area (Å²) in [6.45, 7) is 2.13. The van der Waals surface area contributed by atoms with E-state index in [0.717, 1.165) is 55.6 Å². The van der Waals surface area contributed by atoms with Gasteiger partial charge in [0.05, 0.1) is 11.1 Å². The second-order valence-electron chi connectivity index (χ2n) is 9.70. The highest BCUT2D eigenvalue weighted by atomic mass is 19.4. The maximum Gasteiger partial charge on any atom is 0.417 e. The van der Waals surface area contributed by atoms with Crippen LogP contribution in [0.3, 0.4) is 0 Å². The van der Waals surface area contributed by atoms with Gasteiger partial charge in [-0.3, -0.25) is 9.78 Å². The molecule has 2 saturated carbocycles. The molecule has 36 heavy (non-hydrogen) atoms. The molecule has 0 radical (unpaired) electrons. The van der Waals surface area contributed by atoms with E-state index in [-0.39, 0.29) is 11.4 Å². The highest BCUT2D eigenvalue weighted by Crippen LogP contribution is 2.50. The number of hydrogen-bond donors (Lipinski definition) is 2. The number of pyridine rings is 2. The minimum Gasteiger partial charge on any atom is -0.347 e. The normalized spacial score (nSPS) is 22.7. The molecule has 186 valence electrons. The highest BCUT2D eigenvalue weighted by molar-refractivity contribution is 5.94. The summed E-state index contributed by atoms with van der Waals surface area (Å²) in [4.78, 5) is 20.7. The molecule has 2 aliphatic rings. The summed E-state index contributed by atoms with van der Waals surface area (Å²) in [6.07, 6.45) is 4.42. The van der Waals surface area contributed by atoms with Crippen molar-refractivity contribution in [3.05, 3.63) is 89.4 Å². The van der Waals surface area contributed by atoms with Crippen molar-refractivity contribution < 1.29 is 18.0 Å². The fourth-order valence-electron chi connectivity index (χ4n) is 5.51. The quantitative estimate of drug-likeness (QED) is 0.412. The molecule has 3 aromatic rings. The van der Waals surface area contributed by atoms with Crippen molar-refractivity contribution >= 4 is 23.0 Å². The number of amides is 1. The number of carbonyl (C=O) groups is 1.